The zero-order valence-corrected chi connectivity index (χ0v) is 12.8. The van der Waals surface area contributed by atoms with Crippen LogP contribution in [0.25, 0.3) is 11.3 Å². The van der Waals surface area contributed by atoms with Crippen molar-refractivity contribution in [1.82, 2.24) is 0 Å². The van der Waals surface area contributed by atoms with E-state index in [1.54, 1.807) is 0 Å². The van der Waals surface area contributed by atoms with Crippen molar-refractivity contribution < 1.29 is 37.4 Å². The molecule has 2 aromatic rings. The molecular formula is C16H11F2NO6. The number of imide groups is 1. The number of hydrogen-bond acceptors (Lipinski definition) is 6. The van der Waals surface area contributed by atoms with E-state index in [4.69, 9.17) is 9.15 Å². The summed E-state index contributed by atoms with van der Waals surface area (Å²) in [5.74, 6) is -6.42. The highest BCUT2D eigenvalue weighted by Crippen LogP contribution is 2.49. The third-order valence-electron chi connectivity index (χ3n) is 3.50. The van der Waals surface area contributed by atoms with Gasteiger partial charge in [0.15, 0.2) is 5.76 Å². The Bertz CT molecular complexity index is 888. The average molecular weight is 351 g/mol. The number of furan rings is 1. The van der Waals surface area contributed by atoms with Gasteiger partial charge in [0.1, 0.15) is 11.6 Å². The summed E-state index contributed by atoms with van der Waals surface area (Å²) in [6.07, 6.45) is -0.167. The van der Waals surface area contributed by atoms with Crippen molar-refractivity contribution in [3.05, 3.63) is 29.8 Å². The van der Waals surface area contributed by atoms with Gasteiger partial charge in [-0.25, -0.2) is 13.7 Å². The van der Waals surface area contributed by atoms with Crippen molar-refractivity contribution in [2.75, 3.05) is 4.90 Å². The normalized spacial score (nSPS) is 14.3. The molecule has 0 saturated carbocycles. The summed E-state index contributed by atoms with van der Waals surface area (Å²) < 4.78 is 37.2. The van der Waals surface area contributed by atoms with Gasteiger partial charge in [0.2, 0.25) is 23.3 Å². The molecule has 0 unspecified atom stereocenters. The molecule has 3 rings (SSSR count). The van der Waals surface area contributed by atoms with Crippen molar-refractivity contribution in [1.29, 1.82) is 0 Å². The minimum atomic E-state index is -1.05. The van der Waals surface area contributed by atoms with Crippen LogP contribution in [0, 0.1) is 11.6 Å². The number of halogens is 2. The van der Waals surface area contributed by atoms with Gasteiger partial charge < -0.3 is 14.3 Å². The van der Waals surface area contributed by atoms with Crippen LogP contribution in [0.15, 0.2) is 22.6 Å². The van der Waals surface area contributed by atoms with Crippen molar-refractivity contribution in [3.63, 3.8) is 0 Å². The molecule has 0 aliphatic carbocycles. The van der Waals surface area contributed by atoms with Crippen LogP contribution < -0.4 is 9.64 Å². The van der Waals surface area contributed by atoms with Gasteiger partial charge >= 0.3 is 5.97 Å². The number of amides is 2. The molecule has 2 heterocycles. The zero-order valence-electron chi connectivity index (χ0n) is 12.8. The highest BCUT2D eigenvalue weighted by molar-refractivity contribution is 6.20. The zero-order chi connectivity index (χ0) is 18.3. The second-order valence-corrected chi connectivity index (χ2v) is 5.25. The summed E-state index contributed by atoms with van der Waals surface area (Å²) in [5.41, 5.74) is -0.336. The van der Waals surface area contributed by atoms with E-state index < -0.39 is 52.6 Å². The highest BCUT2D eigenvalue weighted by Gasteiger charge is 2.38. The second-order valence-electron chi connectivity index (χ2n) is 5.25. The molecule has 25 heavy (non-hydrogen) atoms. The van der Waals surface area contributed by atoms with E-state index >= 15 is 0 Å². The van der Waals surface area contributed by atoms with Crippen LogP contribution in [0.2, 0.25) is 0 Å². The van der Waals surface area contributed by atoms with Gasteiger partial charge in [-0.15, -0.1) is 0 Å². The van der Waals surface area contributed by atoms with Gasteiger partial charge in [-0.3, -0.25) is 14.4 Å². The minimum absolute atomic E-state index is 0.0833. The molecule has 130 valence electrons. The van der Waals surface area contributed by atoms with Crippen LogP contribution in [-0.2, 0) is 14.4 Å². The summed E-state index contributed by atoms with van der Waals surface area (Å²) in [4.78, 5) is 35.7. The Morgan fingerprint density at radius 2 is 1.88 bits per heavy atom. The maximum Gasteiger partial charge on any atom is 0.308 e. The Hall–Kier alpha value is -3.23. The molecular weight excluding hydrogens is 340 g/mol. The average Bonchev–Trinajstić information content (AvgIpc) is 3.00. The number of carbonyl (C=O) groups is 3. The molecule has 0 atom stereocenters. The smallest absolute Gasteiger partial charge is 0.308 e. The molecule has 9 heteroatoms. The van der Waals surface area contributed by atoms with E-state index in [1.165, 1.54) is 0 Å². The first kappa shape index (κ1) is 16.6. The van der Waals surface area contributed by atoms with Gasteiger partial charge in [-0.05, 0) is 12.1 Å². The maximum absolute atomic E-state index is 14.0. The van der Waals surface area contributed by atoms with Crippen LogP contribution in [-0.4, -0.2) is 22.9 Å². The van der Waals surface area contributed by atoms with E-state index in [9.17, 15) is 28.3 Å². The predicted molar refractivity (Wildman–Crippen MR) is 78.8 cm³/mol. The SMILES string of the molecule is CC(=O)Oc1c(N2C(=O)CCC2=O)oc(-c2ccc(F)cc2F)c1O. The Balaban J connectivity index is 2.20. The van der Waals surface area contributed by atoms with Crippen molar-refractivity contribution in [2.45, 2.75) is 19.8 Å². The highest BCUT2D eigenvalue weighted by atomic mass is 19.1. The number of hydrogen-bond donors (Lipinski definition) is 1. The summed E-state index contributed by atoms with van der Waals surface area (Å²) in [7, 11) is 0. The van der Waals surface area contributed by atoms with Crippen LogP contribution in [0.3, 0.4) is 0 Å². The molecule has 1 saturated heterocycles. The topological polar surface area (TPSA) is 97.0 Å². The molecule has 1 aliphatic rings. The first-order valence-corrected chi connectivity index (χ1v) is 7.15. The van der Waals surface area contributed by atoms with E-state index in [1.807, 2.05) is 0 Å². The summed E-state index contributed by atoms with van der Waals surface area (Å²) in [6.45, 7) is 1.03. The molecule has 2 amide bonds. The third-order valence-corrected chi connectivity index (χ3v) is 3.50. The van der Waals surface area contributed by atoms with Crippen molar-refractivity contribution in [3.8, 4) is 22.8 Å². The number of esters is 1. The van der Waals surface area contributed by atoms with E-state index in [0.29, 0.717) is 11.0 Å². The van der Waals surface area contributed by atoms with Crippen LogP contribution in [0.4, 0.5) is 14.7 Å². The Kier molecular flexibility index (Phi) is 3.99. The Morgan fingerprint density at radius 3 is 2.44 bits per heavy atom. The van der Waals surface area contributed by atoms with Gasteiger partial charge in [-0.1, -0.05) is 0 Å². The number of benzene rings is 1. The molecule has 1 aromatic heterocycles. The molecule has 1 aliphatic heterocycles. The van der Waals surface area contributed by atoms with E-state index in [2.05, 4.69) is 0 Å². The summed E-state index contributed by atoms with van der Waals surface area (Å²) in [5, 5.41) is 10.3. The number of carbonyl (C=O) groups excluding carboxylic acids is 3. The quantitative estimate of drug-likeness (QED) is 0.674. The Morgan fingerprint density at radius 1 is 1.24 bits per heavy atom. The fourth-order valence-electron chi connectivity index (χ4n) is 2.44. The molecule has 0 spiro atoms. The lowest BCUT2D eigenvalue weighted by Crippen LogP contribution is -2.28. The van der Waals surface area contributed by atoms with Crippen LogP contribution in [0.1, 0.15) is 19.8 Å². The largest absolute Gasteiger partial charge is 0.502 e. The summed E-state index contributed by atoms with van der Waals surface area (Å²) >= 11 is 0. The first-order chi connectivity index (χ1) is 11.8. The lowest BCUT2D eigenvalue weighted by Gasteiger charge is -2.11. The molecule has 0 bridgehead atoms. The monoisotopic (exact) mass is 351 g/mol. The molecule has 1 fully saturated rings. The number of nitrogens with zero attached hydrogens (tertiary/aromatic N) is 1. The number of anilines is 1. The standard InChI is InChI=1S/C16H11F2NO6/c1-7(20)24-15-13(23)14(9-3-2-8(17)6-10(9)18)25-16(15)19-11(21)4-5-12(19)22/h2-3,6,23H,4-5H2,1H3. The fraction of sp³-hybridized carbons (Fsp3) is 0.188. The Labute approximate surface area is 139 Å². The molecule has 7 nitrogen and oxygen atoms in total. The molecule has 0 radical (unpaired) electrons. The van der Waals surface area contributed by atoms with E-state index in [0.717, 1.165) is 19.1 Å². The number of ether oxygens (including phenoxy) is 1. The van der Waals surface area contributed by atoms with Crippen molar-refractivity contribution >= 4 is 23.7 Å². The lowest BCUT2D eigenvalue weighted by molar-refractivity contribution is -0.132. The lowest BCUT2D eigenvalue weighted by atomic mass is 10.1. The predicted octanol–water partition coefficient (Wildman–Crippen LogP) is 2.51. The fourth-order valence-corrected chi connectivity index (χ4v) is 2.44. The molecule has 1 aromatic carbocycles. The van der Waals surface area contributed by atoms with Crippen molar-refractivity contribution in [2.24, 2.45) is 0 Å². The van der Waals surface area contributed by atoms with Gasteiger partial charge in [0.25, 0.3) is 5.88 Å². The van der Waals surface area contributed by atoms with Crippen LogP contribution >= 0.6 is 0 Å². The van der Waals surface area contributed by atoms with Gasteiger partial charge in [0.05, 0.1) is 5.56 Å². The summed E-state index contributed by atoms with van der Waals surface area (Å²) in [6, 6.07) is 2.49. The van der Waals surface area contributed by atoms with Crippen LogP contribution in [0.5, 0.6) is 11.5 Å². The number of aromatic hydroxyl groups is 1. The van der Waals surface area contributed by atoms with Gasteiger partial charge in [-0.2, -0.15) is 0 Å². The second kappa shape index (κ2) is 6.00. The first-order valence-electron chi connectivity index (χ1n) is 7.15. The number of rotatable bonds is 3. The molecule has 1 N–H and O–H groups in total. The minimum Gasteiger partial charge on any atom is -0.502 e. The maximum atomic E-state index is 14.0. The third kappa shape index (κ3) is 2.84. The van der Waals surface area contributed by atoms with E-state index in [-0.39, 0.29) is 18.4 Å². The van der Waals surface area contributed by atoms with Gasteiger partial charge in [0, 0.05) is 25.8 Å².